The number of hydrogen-bond donors (Lipinski definition) is 0. The van der Waals surface area contributed by atoms with E-state index >= 15 is 0 Å². The van der Waals surface area contributed by atoms with Gasteiger partial charge in [-0.15, -0.1) is 17.0 Å². The van der Waals surface area contributed by atoms with Gasteiger partial charge in [0.2, 0.25) is 0 Å². The van der Waals surface area contributed by atoms with Gasteiger partial charge in [-0.1, -0.05) is 24.3 Å². The Morgan fingerprint density at radius 3 is 2.79 bits per heavy atom. The van der Waals surface area contributed by atoms with Crippen molar-refractivity contribution < 1.29 is 9.53 Å². The molecule has 1 aliphatic rings. The number of carbonyl (C=O) groups excluding carboxylic acids is 1. The molecule has 1 aromatic carbocycles. The minimum Gasteiger partial charge on any atom is -0.373 e. The number of aryl methyl sites for hydroxylation is 1. The van der Waals surface area contributed by atoms with Gasteiger partial charge in [-0.25, -0.2) is 0 Å². The van der Waals surface area contributed by atoms with Crippen LogP contribution in [0.25, 0.3) is 0 Å². The number of rotatable bonds is 1. The summed E-state index contributed by atoms with van der Waals surface area (Å²) in [4.78, 5) is 11.7. The van der Waals surface area contributed by atoms with Gasteiger partial charge in [-0.3, -0.25) is 4.79 Å². The van der Waals surface area contributed by atoms with Crippen molar-refractivity contribution in [3.8, 4) is 0 Å². The standard InChI is InChI=1S/C11H12O2.BrH/c1-13-10-7-6-8-4-2-3-5-9(8)11(10)12;/h2-5,10H,6-7H2,1H3;1H. The first-order valence-corrected chi connectivity index (χ1v) is 4.48. The van der Waals surface area contributed by atoms with Gasteiger partial charge in [0, 0.05) is 12.7 Å². The second-order valence-electron chi connectivity index (χ2n) is 3.28. The number of Topliss-reactive ketones (excluding diaryl/α,β-unsaturated/α-hetero) is 1. The lowest BCUT2D eigenvalue weighted by Crippen LogP contribution is -2.28. The van der Waals surface area contributed by atoms with Crippen molar-refractivity contribution in [3.63, 3.8) is 0 Å². The van der Waals surface area contributed by atoms with Crippen LogP contribution in [0.2, 0.25) is 0 Å². The lowest BCUT2D eigenvalue weighted by molar-refractivity contribution is 0.0559. The number of fused-ring (bicyclic) bond motifs is 1. The monoisotopic (exact) mass is 256 g/mol. The Morgan fingerprint density at radius 1 is 1.36 bits per heavy atom. The lowest BCUT2D eigenvalue weighted by Gasteiger charge is -2.21. The molecule has 0 fully saturated rings. The fourth-order valence-electron chi connectivity index (χ4n) is 1.79. The van der Waals surface area contributed by atoms with Gasteiger partial charge >= 0.3 is 0 Å². The van der Waals surface area contributed by atoms with E-state index in [4.69, 9.17) is 4.74 Å². The summed E-state index contributed by atoms with van der Waals surface area (Å²) in [7, 11) is 1.59. The smallest absolute Gasteiger partial charge is 0.191 e. The van der Waals surface area contributed by atoms with E-state index in [0.717, 1.165) is 24.0 Å². The molecule has 0 spiro atoms. The highest BCUT2D eigenvalue weighted by Crippen LogP contribution is 2.22. The quantitative estimate of drug-likeness (QED) is 0.772. The van der Waals surface area contributed by atoms with Crippen molar-refractivity contribution in [3.05, 3.63) is 35.4 Å². The average Bonchev–Trinajstić information content (AvgIpc) is 2.19. The van der Waals surface area contributed by atoms with Gasteiger partial charge in [0.25, 0.3) is 0 Å². The second kappa shape index (κ2) is 4.71. The Bertz CT molecular complexity index is 336. The van der Waals surface area contributed by atoms with E-state index in [9.17, 15) is 4.79 Å². The Labute approximate surface area is 94.0 Å². The minimum absolute atomic E-state index is 0. The van der Waals surface area contributed by atoms with Gasteiger partial charge in [0.15, 0.2) is 5.78 Å². The molecule has 14 heavy (non-hydrogen) atoms. The number of benzene rings is 1. The van der Waals surface area contributed by atoms with E-state index in [2.05, 4.69) is 0 Å². The summed E-state index contributed by atoms with van der Waals surface area (Å²) >= 11 is 0. The molecule has 0 aliphatic heterocycles. The van der Waals surface area contributed by atoms with E-state index in [1.807, 2.05) is 24.3 Å². The zero-order chi connectivity index (χ0) is 9.26. The predicted molar refractivity (Wildman–Crippen MR) is 60.2 cm³/mol. The maximum Gasteiger partial charge on any atom is 0.191 e. The van der Waals surface area contributed by atoms with Crippen molar-refractivity contribution in [1.82, 2.24) is 0 Å². The average molecular weight is 257 g/mol. The molecule has 0 saturated carbocycles. The van der Waals surface area contributed by atoms with E-state index in [-0.39, 0.29) is 28.9 Å². The van der Waals surface area contributed by atoms with Crippen LogP contribution >= 0.6 is 17.0 Å². The molecule has 0 amide bonds. The summed E-state index contributed by atoms with van der Waals surface area (Å²) in [6, 6.07) is 7.76. The molecular weight excluding hydrogens is 244 g/mol. The first kappa shape index (κ1) is 11.4. The summed E-state index contributed by atoms with van der Waals surface area (Å²) < 4.78 is 5.11. The van der Waals surface area contributed by atoms with Gasteiger partial charge in [-0.05, 0) is 18.4 Å². The van der Waals surface area contributed by atoms with E-state index in [1.54, 1.807) is 7.11 Å². The minimum atomic E-state index is -0.227. The first-order chi connectivity index (χ1) is 6.33. The number of carbonyl (C=O) groups is 1. The number of halogens is 1. The van der Waals surface area contributed by atoms with Crippen LogP contribution in [-0.4, -0.2) is 19.0 Å². The van der Waals surface area contributed by atoms with Crippen molar-refractivity contribution in [1.29, 1.82) is 0 Å². The Morgan fingerprint density at radius 2 is 2.07 bits per heavy atom. The maximum absolute atomic E-state index is 11.7. The van der Waals surface area contributed by atoms with Gasteiger partial charge in [0.05, 0.1) is 0 Å². The van der Waals surface area contributed by atoms with Crippen molar-refractivity contribution in [2.24, 2.45) is 0 Å². The summed E-state index contributed by atoms with van der Waals surface area (Å²) in [5.41, 5.74) is 1.99. The molecule has 2 rings (SSSR count). The van der Waals surface area contributed by atoms with Crippen molar-refractivity contribution in [2.75, 3.05) is 7.11 Å². The second-order valence-corrected chi connectivity index (χ2v) is 3.28. The highest BCUT2D eigenvalue weighted by atomic mass is 79.9. The van der Waals surface area contributed by atoms with Crippen LogP contribution in [0.3, 0.4) is 0 Å². The van der Waals surface area contributed by atoms with Crippen LogP contribution in [0.1, 0.15) is 22.3 Å². The molecule has 1 unspecified atom stereocenters. The summed E-state index contributed by atoms with van der Waals surface area (Å²) in [5, 5.41) is 0. The van der Waals surface area contributed by atoms with Gasteiger partial charge < -0.3 is 4.74 Å². The molecular formula is C11H13BrO2. The number of methoxy groups -OCH3 is 1. The Hall–Kier alpha value is -0.670. The molecule has 2 nitrogen and oxygen atoms in total. The van der Waals surface area contributed by atoms with Gasteiger partial charge in [-0.2, -0.15) is 0 Å². The Kier molecular flexibility index (Phi) is 3.84. The van der Waals surface area contributed by atoms with Crippen LogP contribution in [0.4, 0.5) is 0 Å². The molecule has 76 valence electrons. The van der Waals surface area contributed by atoms with Crippen molar-refractivity contribution in [2.45, 2.75) is 18.9 Å². The van der Waals surface area contributed by atoms with Crippen LogP contribution in [0, 0.1) is 0 Å². The fourth-order valence-corrected chi connectivity index (χ4v) is 1.79. The fraction of sp³-hybridized carbons (Fsp3) is 0.364. The zero-order valence-electron chi connectivity index (χ0n) is 8.03. The third-order valence-electron chi connectivity index (χ3n) is 2.54. The molecule has 0 saturated heterocycles. The largest absolute Gasteiger partial charge is 0.373 e. The SMILES string of the molecule is Br.COC1CCc2ccccc2C1=O. The number of hydrogen-bond acceptors (Lipinski definition) is 2. The summed E-state index contributed by atoms with van der Waals surface area (Å²) in [6.07, 6.45) is 1.53. The van der Waals surface area contributed by atoms with Crippen molar-refractivity contribution >= 4 is 22.8 Å². The zero-order valence-corrected chi connectivity index (χ0v) is 9.74. The maximum atomic E-state index is 11.7. The molecule has 1 aromatic rings. The van der Waals surface area contributed by atoms with Crippen LogP contribution in [0.15, 0.2) is 24.3 Å². The van der Waals surface area contributed by atoms with E-state index in [0.29, 0.717) is 0 Å². The molecule has 0 heterocycles. The molecule has 0 N–H and O–H groups in total. The third-order valence-corrected chi connectivity index (χ3v) is 2.54. The summed E-state index contributed by atoms with van der Waals surface area (Å²) in [5.74, 6) is 0.129. The highest BCUT2D eigenvalue weighted by molar-refractivity contribution is 8.93. The van der Waals surface area contributed by atoms with Crippen LogP contribution in [0.5, 0.6) is 0 Å². The van der Waals surface area contributed by atoms with E-state index < -0.39 is 0 Å². The number of ketones is 1. The van der Waals surface area contributed by atoms with Crippen LogP contribution in [-0.2, 0) is 11.2 Å². The predicted octanol–water partition coefficient (Wildman–Crippen LogP) is 2.41. The third kappa shape index (κ3) is 1.88. The topological polar surface area (TPSA) is 26.3 Å². The van der Waals surface area contributed by atoms with Gasteiger partial charge in [0.1, 0.15) is 6.10 Å². The Balaban J connectivity index is 0.000000980. The molecule has 1 aliphatic carbocycles. The van der Waals surface area contributed by atoms with E-state index in [1.165, 1.54) is 0 Å². The molecule has 0 aromatic heterocycles. The first-order valence-electron chi connectivity index (χ1n) is 4.48. The molecule has 0 bridgehead atoms. The normalized spacial score (nSPS) is 19.8. The summed E-state index contributed by atoms with van der Waals surface area (Å²) in [6.45, 7) is 0. The lowest BCUT2D eigenvalue weighted by atomic mass is 9.89. The molecule has 1 atom stereocenters. The molecule has 0 radical (unpaired) electrons. The number of ether oxygens (including phenoxy) is 1. The highest BCUT2D eigenvalue weighted by Gasteiger charge is 2.26. The molecule has 3 heteroatoms. The van der Waals surface area contributed by atoms with Crippen LogP contribution < -0.4 is 0 Å².